The minimum Gasteiger partial charge on any atom is -0.371 e. The fraction of sp³-hybridized carbons (Fsp3) is 0.455. The molecule has 0 aromatic heterocycles. The molecule has 1 aliphatic heterocycles. The van der Waals surface area contributed by atoms with Crippen molar-refractivity contribution in [1.29, 1.82) is 0 Å². The third kappa shape index (κ3) is 3.77. The molecule has 0 radical (unpaired) electrons. The summed E-state index contributed by atoms with van der Waals surface area (Å²) < 4.78 is 29.4. The first-order valence-corrected chi connectivity index (χ1v) is 8.70. The van der Waals surface area contributed by atoms with E-state index in [2.05, 4.69) is 31.9 Å². The van der Waals surface area contributed by atoms with Crippen molar-refractivity contribution >= 4 is 41.7 Å². The first-order valence-electron chi connectivity index (χ1n) is 5.17. The molecule has 1 heterocycles. The summed E-state index contributed by atoms with van der Waals surface area (Å²) in [6.45, 7) is 0.432. The second-order valence-electron chi connectivity index (χ2n) is 4.07. The molecule has 1 aromatic rings. The van der Waals surface area contributed by atoms with E-state index >= 15 is 0 Å². The number of alkyl halides is 1. The summed E-state index contributed by atoms with van der Waals surface area (Å²) in [4.78, 5) is -0.0975. The topological polar surface area (TPSA) is 43.4 Å². The van der Waals surface area contributed by atoms with Gasteiger partial charge in [0.15, 0.2) is 9.84 Å². The standard InChI is InChI=1S/C11H12Br2O3S/c12-9-3-1-2-8(4-9)5-16-11-7-17(14,15)6-10(11)13/h1-4,10-11H,5-7H2. The van der Waals surface area contributed by atoms with Crippen molar-refractivity contribution in [2.45, 2.75) is 17.5 Å². The molecule has 94 valence electrons. The summed E-state index contributed by atoms with van der Waals surface area (Å²) in [5.41, 5.74) is 1.03. The molecule has 0 bridgehead atoms. The molecule has 1 fully saturated rings. The highest BCUT2D eigenvalue weighted by Gasteiger charge is 2.36. The van der Waals surface area contributed by atoms with Crippen LogP contribution in [0.25, 0.3) is 0 Å². The van der Waals surface area contributed by atoms with Gasteiger partial charge < -0.3 is 4.74 Å². The van der Waals surface area contributed by atoms with Crippen molar-refractivity contribution < 1.29 is 13.2 Å². The van der Waals surface area contributed by atoms with Gasteiger partial charge in [-0.3, -0.25) is 0 Å². The average molecular weight is 384 g/mol. The van der Waals surface area contributed by atoms with Crippen molar-refractivity contribution in [1.82, 2.24) is 0 Å². The largest absolute Gasteiger partial charge is 0.371 e. The Bertz CT molecular complexity index is 501. The maximum Gasteiger partial charge on any atom is 0.154 e. The smallest absolute Gasteiger partial charge is 0.154 e. The van der Waals surface area contributed by atoms with Gasteiger partial charge in [0.1, 0.15) is 0 Å². The number of sulfone groups is 1. The van der Waals surface area contributed by atoms with Gasteiger partial charge in [-0.2, -0.15) is 0 Å². The maximum absolute atomic E-state index is 11.4. The maximum atomic E-state index is 11.4. The molecule has 1 saturated heterocycles. The predicted octanol–water partition coefficient (Wildman–Crippen LogP) is 2.53. The fourth-order valence-corrected chi connectivity index (χ4v) is 5.66. The number of halogens is 2. The zero-order valence-corrected chi connectivity index (χ0v) is 13.0. The van der Waals surface area contributed by atoms with E-state index < -0.39 is 9.84 Å². The minimum atomic E-state index is -2.94. The van der Waals surface area contributed by atoms with Crippen LogP contribution in [0.4, 0.5) is 0 Å². The highest BCUT2D eigenvalue weighted by atomic mass is 79.9. The van der Waals surface area contributed by atoms with E-state index in [0.717, 1.165) is 10.0 Å². The molecule has 0 amide bonds. The summed E-state index contributed by atoms with van der Waals surface area (Å²) in [5.74, 6) is 0.271. The Hall–Kier alpha value is 0.0900. The highest BCUT2D eigenvalue weighted by molar-refractivity contribution is 9.10. The van der Waals surface area contributed by atoms with Crippen molar-refractivity contribution in [3.63, 3.8) is 0 Å². The number of hydrogen-bond donors (Lipinski definition) is 0. The van der Waals surface area contributed by atoms with Gasteiger partial charge in [-0.25, -0.2) is 8.42 Å². The van der Waals surface area contributed by atoms with Crippen LogP contribution >= 0.6 is 31.9 Å². The molecule has 0 spiro atoms. The van der Waals surface area contributed by atoms with Gasteiger partial charge in [-0.1, -0.05) is 44.0 Å². The predicted molar refractivity (Wildman–Crippen MR) is 74.1 cm³/mol. The van der Waals surface area contributed by atoms with Gasteiger partial charge in [0.05, 0.1) is 29.0 Å². The number of rotatable bonds is 3. The summed E-state index contributed by atoms with van der Waals surface area (Å²) in [6, 6.07) is 7.79. The van der Waals surface area contributed by atoms with Crippen LogP contribution in [0.15, 0.2) is 28.7 Å². The van der Waals surface area contributed by atoms with Crippen LogP contribution in [0, 0.1) is 0 Å². The highest BCUT2D eigenvalue weighted by Crippen LogP contribution is 2.23. The number of benzene rings is 1. The van der Waals surface area contributed by atoms with Crippen molar-refractivity contribution in [3.8, 4) is 0 Å². The lowest BCUT2D eigenvalue weighted by Crippen LogP contribution is -2.22. The molecule has 2 atom stereocenters. The van der Waals surface area contributed by atoms with Crippen LogP contribution < -0.4 is 0 Å². The van der Waals surface area contributed by atoms with E-state index in [1.807, 2.05) is 24.3 Å². The summed E-state index contributed by atoms with van der Waals surface area (Å²) in [6.07, 6.45) is -0.251. The second-order valence-corrected chi connectivity index (χ2v) is 8.32. The second kappa shape index (κ2) is 5.38. The Morgan fingerprint density at radius 2 is 2.12 bits per heavy atom. The van der Waals surface area contributed by atoms with Gasteiger partial charge in [0, 0.05) is 4.47 Å². The van der Waals surface area contributed by atoms with Crippen LogP contribution in [0.2, 0.25) is 0 Å². The molecular weight excluding hydrogens is 372 g/mol. The minimum absolute atomic E-state index is 0.0975. The quantitative estimate of drug-likeness (QED) is 0.753. The van der Waals surface area contributed by atoms with Gasteiger partial charge in [0.25, 0.3) is 0 Å². The molecule has 2 unspecified atom stereocenters. The average Bonchev–Trinajstić information content (AvgIpc) is 2.49. The molecular formula is C11H12Br2O3S. The fourth-order valence-electron chi connectivity index (χ4n) is 1.76. The molecule has 1 aromatic carbocycles. The van der Waals surface area contributed by atoms with Crippen LogP contribution in [0.3, 0.4) is 0 Å². The third-order valence-electron chi connectivity index (χ3n) is 2.59. The Morgan fingerprint density at radius 3 is 2.71 bits per heavy atom. The van der Waals surface area contributed by atoms with E-state index in [1.165, 1.54) is 0 Å². The number of hydrogen-bond acceptors (Lipinski definition) is 3. The molecule has 1 aliphatic rings. The van der Waals surface area contributed by atoms with E-state index in [9.17, 15) is 8.42 Å². The van der Waals surface area contributed by atoms with Crippen molar-refractivity contribution in [3.05, 3.63) is 34.3 Å². The molecule has 0 aliphatic carbocycles. The summed E-state index contributed by atoms with van der Waals surface area (Å²) in [5, 5.41) is 0. The summed E-state index contributed by atoms with van der Waals surface area (Å²) >= 11 is 6.74. The lowest BCUT2D eigenvalue weighted by molar-refractivity contribution is 0.0624. The first-order chi connectivity index (χ1) is 7.96. The van der Waals surface area contributed by atoms with Gasteiger partial charge in [-0.15, -0.1) is 0 Å². The van der Waals surface area contributed by atoms with Crippen LogP contribution in [-0.2, 0) is 21.2 Å². The molecule has 2 rings (SSSR count). The Morgan fingerprint density at radius 1 is 1.35 bits per heavy atom. The van der Waals surface area contributed by atoms with Crippen molar-refractivity contribution in [2.75, 3.05) is 11.5 Å². The van der Waals surface area contributed by atoms with E-state index in [4.69, 9.17) is 4.74 Å². The van der Waals surface area contributed by atoms with Gasteiger partial charge in [0.2, 0.25) is 0 Å². The SMILES string of the molecule is O=S1(=O)CC(Br)C(OCc2cccc(Br)c2)C1. The molecule has 3 nitrogen and oxygen atoms in total. The number of ether oxygens (including phenoxy) is 1. The van der Waals surface area contributed by atoms with Crippen molar-refractivity contribution in [2.24, 2.45) is 0 Å². The summed E-state index contributed by atoms with van der Waals surface area (Å²) in [7, 11) is -2.94. The molecule has 17 heavy (non-hydrogen) atoms. The van der Waals surface area contributed by atoms with E-state index in [0.29, 0.717) is 6.61 Å². The zero-order chi connectivity index (χ0) is 12.5. The zero-order valence-electron chi connectivity index (χ0n) is 8.97. The normalized spacial score (nSPS) is 27.2. The van der Waals surface area contributed by atoms with E-state index in [-0.39, 0.29) is 22.4 Å². The Labute approximate surface area is 118 Å². The Balaban J connectivity index is 1.95. The van der Waals surface area contributed by atoms with E-state index in [1.54, 1.807) is 0 Å². The van der Waals surface area contributed by atoms with Gasteiger partial charge >= 0.3 is 0 Å². The van der Waals surface area contributed by atoms with Crippen LogP contribution in [-0.4, -0.2) is 30.9 Å². The molecule has 0 saturated carbocycles. The van der Waals surface area contributed by atoms with Crippen LogP contribution in [0.1, 0.15) is 5.56 Å². The van der Waals surface area contributed by atoms with Gasteiger partial charge in [-0.05, 0) is 17.7 Å². The lowest BCUT2D eigenvalue weighted by atomic mass is 10.2. The molecule has 0 N–H and O–H groups in total. The first kappa shape index (κ1) is 13.5. The lowest BCUT2D eigenvalue weighted by Gasteiger charge is -2.13. The van der Waals surface area contributed by atoms with Crippen LogP contribution in [0.5, 0.6) is 0 Å². The molecule has 6 heteroatoms. The Kier molecular flexibility index (Phi) is 4.28. The monoisotopic (exact) mass is 382 g/mol. The third-order valence-corrected chi connectivity index (χ3v) is 6.13.